The fourth-order valence-electron chi connectivity index (χ4n) is 4.18. The number of aromatic nitrogens is 1. The summed E-state index contributed by atoms with van der Waals surface area (Å²) in [5, 5.41) is 9.84. The molecule has 0 saturated carbocycles. The topological polar surface area (TPSA) is 93.5 Å². The van der Waals surface area contributed by atoms with Crippen LogP contribution in [0.3, 0.4) is 0 Å². The number of hydrogen-bond acceptors (Lipinski definition) is 5. The maximum Gasteiger partial charge on any atom is 0.410 e. The van der Waals surface area contributed by atoms with Gasteiger partial charge in [0.2, 0.25) is 0 Å². The molecule has 1 saturated heterocycles. The van der Waals surface area contributed by atoms with Crippen LogP contribution in [0, 0.1) is 11.3 Å². The number of carbonyl (C=O) groups excluding carboxylic acids is 1. The smallest absolute Gasteiger partial charge is 0.410 e. The molecule has 2 heterocycles. The van der Waals surface area contributed by atoms with Crippen LogP contribution >= 0.6 is 0 Å². The van der Waals surface area contributed by atoms with Crippen molar-refractivity contribution in [1.29, 1.82) is 5.26 Å². The Labute approximate surface area is 214 Å². The SMILES string of the molecule is CC.CC(C)(C)OC(=O)N1CCCC(n2cc(-c3ccc(Oc4ccccc4)cc3)c(C#N)c2N)C1. The van der Waals surface area contributed by atoms with E-state index in [1.54, 1.807) is 4.90 Å². The normalized spacial score (nSPS) is 15.3. The van der Waals surface area contributed by atoms with Gasteiger partial charge in [-0.25, -0.2) is 4.79 Å². The largest absolute Gasteiger partial charge is 0.457 e. The van der Waals surface area contributed by atoms with Gasteiger partial charge in [-0.15, -0.1) is 0 Å². The highest BCUT2D eigenvalue weighted by atomic mass is 16.6. The Morgan fingerprint density at radius 2 is 1.69 bits per heavy atom. The van der Waals surface area contributed by atoms with Gasteiger partial charge >= 0.3 is 6.09 Å². The van der Waals surface area contributed by atoms with Crippen molar-refractivity contribution < 1.29 is 14.3 Å². The minimum Gasteiger partial charge on any atom is -0.457 e. The van der Waals surface area contributed by atoms with Crippen molar-refractivity contribution in [3.05, 3.63) is 66.4 Å². The van der Waals surface area contributed by atoms with Crippen molar-refractivity contribution in [3.8, 4) is 28.7 Å². The van der Waals surface area contributed by atoms with Crippen LogP contribution in [0.4, 0.5) is 10.6 Å². The number of anilines is 1. The Morgan fingerprint density at radius 1 is 1.06 bits per heavy atom. The lowest BCUT2D eigenvalue weighted by Gasteiger charge is -2.35. The number of rotatable bonds is 4. The number of nitriles is 1. The quantitative estimate of drug-likeness (QED) is 0.427. The second kappa shape index (κ2) is 11.7. The molecule has 1 aromatic heterocycles. The fraction of sp³-hybridized carbons (Fsp3) is 0.379. The molecule has 1 atom stereocenters. The second-order valence-corrected chi connectivity index (χ2v) is 9.48. The van der Waals surface area contributed by atoms with E-state index in [2.05, 4.69) is 6.07 Å². The second-order valence-electron chi connectivity index (χ2n) is 9.48. The maximum absolute atomic E-state index is 12.6. The summed E-state index contributed by atoms with van der Waals surface area (Å²) >= 11 is 0. The number of hydrogen-bond donors (Lipinski definition) is 1. The van der Waals surface area contributed by atoms with E-state index in [9.17, 15) is 10.1 Å². The lowest BCUT2D eigenvalue weighted by Crippen LogP contribution is -2.43. The summed E-state index contributed by atoms with van der Waals surface area (Å²) in [6, 6.07) is 19.4. The first kappa shape index (κ1) is 26.7. The molecule has 1 unspecified atom stereocenters. The highest BCUT2D eigenvalue weighted by molar-refractivity contribution is 5.77. The van der Waals surface area contributed by atoms with Gasteiger partial charge in [0.25, 0.3) is 0 Å². The van der Waals surface area contributed by atoms with Crippen LogP contribution in [0.5, 0.6) is 11.5 Å². The van der Waals surface area contributed by atoms with E-state index in [-0.39, 0.29) is 12.1 Å². The van der Waals surface area contributed by atoms with Gasteiger partial charge in [-0.1, -0.05) is 44.2 Å². The number of likely N-dealkylation sites (tertiary alicyclic amines) is 1. The van der Waals surface area contributed by atoms with Gasteiger partial charge < -0.3 is 24.7 Å². The van der Waals surface area contributed by atoms with Gasteiger partial charge in [0.15, 0.2) is 0 Å². The van der Waals surface area contributed by atoms with Crippen molar-refractivity contribution in [2.75, 3.05) is 18.8 Å². The van der Waals surface area contributed by atoms with Crippen LogP contribution in [0.2, 0.25) is 0 Å². The van der Waals surface area contributed by atoms with E-state index in [1.165, 1.54) is 0 Å². The zero-order valence-corrected chi connectivity index (χ0v) is 21.8. The molecule has 190 valence electrons. The Balaban J connectivity index is 0.00000176. The number of nitrogen functional groups attached to an aromatic ring is 1. The van der Waals surface area contributed by atoms with Crippen LogP contribution in [-0.2, 0) is 4.74 Å². The summed E-state index contributed by atoms with van der Waals surface area (Å²) < 4.78 is 13.4. The van der Waals surface area contributed by atoms with E-state index in [0.29, 0.717) is 30.2 Å². The Hall–Kier alpha value is -3.92. The minimum absolute atomic E-state index is 0.0252. The van der Waals surface area contributed by atoms with Crippen molar-refractivity contribution in [2.24, 2.45) is 0 Å². The molecule has 0 bridgehead atoms. The highest BCUT2D eigenvalue weighted by Gasteiger charge is 2.30. The standard InChI is InChI=1S/C27H30N4O3.C2H6/c1-27(2,3)34-26(32)30-15-7-8-20(17-30)31-18-24(23(16-28)25(31)29)19-11-13-22(14-12-19)33-21-9-5-4-6-10-21;1-2/h4-6,9-14,18,20H,7-8,15,17,29H2,1-3H3;1-2H3. The van der Waals surface area contributed by atoms with Crippen LogP contribution in [-0.4, -0.2) is 34.3 Å². The van der Waals surface area contributed by atoms with Crippen molar-refractivity contribution in [2.45, 2.75) is 59.1 Å². The predicted molar refractivity (Wildman–Crippen MR) is 143 cm³/mol. The first-order chi connectivity index (χ1) is 17.2. The third-order valence-electron chi connectivity index (χ3n) is 5.77. The molecular weight excluding hydrogens is 452 g/mol. The molecule has 0 aliphatic carbocycles. The number of carbonyl (C=O) groups is 1. The zero-order valence-electron chi connectivity index (χ0n) is 21.8. The van der Waals surface area contributed by atoms with E-state index in [0.717, 1.165) is 29.7 Å². The Kier molecular flexibility index (Phi) is 8.65. The molecule has 1 amide bonds. The molecule has 1 aliphatic rings. The molecule has 1 fully saturated rings. The zero-order chi connectivity index (χ0) is 26.3. The molecule has 2 aromatic carbocycles. The maximum atomic E-state index is 12.6. The number of para-hydroxylation sites is 1. The molecule has 7 heteroatoms. The van der Waals surface area contributed by atoms with E-state index in [4.69, 9.17) is 15.2 Å². The monoisotopic (exact) mass is 488 g/mol. The summed E-state index contributed by atoms with van der Waals surface area (Å²) in [7, 11) is 0. The first-order valence-electron chi connectivity index (χ1n) is 12.5. The van der Waals surface area contributed by atoms with Crippen molar-refractivity contribution >= 4 is 11.9 Å². The Bertz CT molecular complexity index is 1190. The van der Waals surface area contributed by atoms with E-state index in [1.807, 2.05) is 100.0 Å². The summed E-state index contributed by atoms with van der Waals surface area (Å²) in [6.45, 7) is 10.7. The molecule has 4 rings (SSSR count). The van der Waals surface area contributed by atoms with Crippen LogP contribution in [0.1, 0.15) is 59.1 Å². The molecular formula is C29H36N4O3. The molecule has 0 spiro atoms. The number of piperidine rings is 1. The van der Waals surface area contributed by atoms with Crippen molar-refractivity contribution in [1.82, 2.24) is 9.47 Å². The van der Waals surface area contributed by atoms with Crippen LogP contribution in [0.25, 0.3) is 11.1 Å². The number of nitrogens with zero attached hydrogens (tertiary/aromatic N) is 3. The predicted octanol–water partition coefficient (Wildman–Crippen LogP) is 7.00. The summed E-state index contributed by atoms with van der Waals surface area (Å²) in [6.07, 6.45) is 3.30. The van der Waals surface area contributed by atoms with Gasteiger partial charge in [-0.05, 0) is 63.4 Å². The molecule has 3 aromatic rings. The van der Waals surface area contributed by atoms with Crippen LogP contribution in [0.15, 0.2) is 60.8 Å². The third-order valence-corrected chi connectivity index (χ3v) is 5.77. The first-order valence-corrected chi connectivity index (χ1v) is 12.5. The molecule has 1 aliphatic heterocycles. The molecule has 0 radical (unpaired) electrons. The third kappa shape index (κ3) is 6.39. The molecule has 2 N–H and O–H groups in total. The van der Waals surface area contributed by atoms with Crippen molar-refractivity contribution in [3.63, 3.8) is 0 Å². The average Bonchev–Trinajstić information content (AvgIpc) is 3.21. The minimum atomic E-state index is -0.548. The van der Waals surface area contributed by atoms with Gasteiger partial charge in [-0.3, -0.25) is 0 Å². The lowest BCUT2D eigenvalue weighted by molar-refractivity contribution is 0.0173. The number of benzene rings is 2. The van der Waals surface area contributed by atoms with Gasteiger partial charge in [0.05, 0.1) is 6.04 Å². The lowest BCUT2D eigenvalue weighted by atomic mass is 10.0. The summed E-state index contributed by atoms with van der Waals surface area (Å²) in [4.78, 5) is 14.3. The van der Waals surface area contributed by atoms with Crippen LogP contribution < -0.4 is 10.5 Å². The average molecular weight is 489 g/mol. The molecule has 7 nitrogen and oxygen atoms in total. The van der Waals surface area contributed by atoms with E-state index >= 15 is 0 Å². The summed E-state index contributed by atoms with van der Waals surface area (Å²) in [5.41, 5.74) is 7.95. The molecule has 36 heavy (non-hydrogen) atoms. The van der Waals surface area contributed by atoms with E-state index < -0.39 is 5.60 Å². The number of nitrogens with two attached hydrogens (primary N) is 1. The number of amides is 1. The highest BCUT2D eigenvalue weighted by Crippen LogP contribution is 2.35. The fourth-order valence-corrected chi connectivity index (χ4v) is 4.18. The number of ether oxygens (including phenoxy) is 2. The van der Waals surface area contributed by atoms with Gasteiger partial charge in [0, 0.05) is 24.8 Å². The van der Waals surface area contributed by atoms with Gasteiger partial charge in [0.1, 0.15) is 34.6 Å². The summed E-state index contributed by atoms with van der Waals surface area (Å²) in [5.74, 6) is 1.88. The Morgan fingerprint density at radius 3 is 2.31 bits per heavy atom. The van der Waals surface area contributed by atoms with Gasteiger partial charge in [-0.2, -0.15) is 5.26 Å².